The van der Waals surface area contributed by atoms with Gasteiger partial charge in [-0.25, -0.2) is 18.4 Å². The van der Waals surface area contributed by atoms with Gasteiger partial charge in [-0.2, -0.15) is 0 Å². The van der Waals surface area contributed by atoms with Gasteiger partial charge in [-0.15, -0.1) is 0 Å². The zero-order chi connectivity index (χ0) is 19.8. The number of alkyl halides is 2. The van der Waals surface area contributed by atoms with Crippen LogP contribution in [0.3, 0.4) is 0 Å². The summed E-state index contributed by atoms with van der Waals surface area (Å²) in [5.74, 6) is -3.70. The van der Waals surface area contributed by atoms with Gasteiger partial charge in [0.25, 0.3) is 5.92 Å². The summed E-state index contributed by atoms with van der Waals surface area (Å²) in [7, 11) is 1.43. The standard InChI is InChI=1S/C19H18F2N2O4/c1-19(20,21)13-4-6-14(7-5-13)22-9-10-23(18(22)26)15-11-12(17(24)25)3-8-16(15)27-2/h3-8,11H,9-10H2,1-2H3,(H,24,25). The number of carbonyl (C=O) groups is 2. The summed E-state index contributed by atoms with van der Waals surface area (Å²) < 4.78 is 32.0. The number of ether oxygens (including phenoxy) is 1. The molecular formula is C19H18F2N2O4. The summed E-state index contributed by atoms with van der Waals surface area (Å²) in [6.07, 6.45) is 0. The highest BCUT2D eigenvalue weighted by Crippen LogP contribution is 2.34. The van der Waals surface area contributed by atoms with Crippen LogP contribution in [0, 0.1) is 0 Å². The quantitative estimate of drug-likeness (QED) is 0.858. The Hall–Kier alpha value is -3.16. The number of carbonyl (C=O) groups excluding carboxylic acids is 1. The fraction of sp³-hybridized carbons (Fsp3) is 0.263. The highest BCUT2D eigenvalue weighted by Gasteiger charge is 2.33. The molecule has 6 nitrogen and oxygen atoms in total. The number of carboxylic acids is 1. The SMILES string of the molecule is COc1ccc(C(=O)O)cc1N1CCN(c2ccc(C(C)(F)F)cc2)C1=O. The number of anilines is 2. The molecule has 1 saturated heterocycles. The van der Waals surface area contributed by atoms with Crippen LogP contribution in [0.15, 0.2) is 42.5 Å². The molecule has 2 aromatic carbocycles. The van der Waals surface area contributed by atoms with Crippen molar-refractivity contribution in [2.24, 2.45) is 0 Å². The molecule has 0 atom stereocenters. The Morgan fingerprint density at radius 3 is 2.30 bits per heavy atom. The maximum Gasteiger partial charge on any atom is 0.335 e. The van der Waals surface area contributed by atoms with Gasteiger partial charge in [0, 0.05) is 31.3 Å². The molecule has 0 saturated carbocycles. The number of rotatable bonds is 5. The molecule has 0 bridgehead atoms. The second-order valence-electron chi connectivity index (χ2n) is 6.21. The highest BCUT2D eigenvalue weighted by molar-refractivity contribution is 6.07. The third-order valence-electron chi connectivity index (χ3n) is 4.41. The van der Waals surface area contributed by atoms with Crippen LogP contribution in [-0.4, -0.2) is 37.3 Å². The third kappa shape index (κ3) is 3.55. The normalized spacial score (nSPS) is 14.6. The molecule has 0 spiro atoms. The molecule has 142 valence electrons. The van der Waals surface area contributed by atoms with Crippen LogP contribution in [-0.2, 0) is 5.92 Å². The first-order chi connectivity index (χ1) is 12.7. The lowest BCUT2D eigenvalue weighted by Crippen LogP contribution is -2.32. The van der Waals surface area contributed by atoms with Crippen molar-refractivity contribution >= 4 is 23.4 Å². The summed E-state index contributed by atoms with van der Waals surface area (Å²) in [5.41, 5.74) is 0.739. The minimum atomic E-state index is -2.95. The van der Waals surface area contributed by atoms with Gasteiger partial charge in [0.05, 0.1) is 18.4 Å². The lowest BCUT2D eigenvalue weighted by atomic mass is 10.1. The van der Waals surface area contributed by atoms with E-state index < -0.39 is 11.9 Å². The van der Waals surface area contributed by atoms with Crippen LogP contribution in [0.25, 0.3) is 0 Å². The molecular weight excluding hydrogens is 358 g/mol. The number of halogens is 2. The van der Waals surface area contributed by atoms with Crippen LogP contribution in [0.5, 0.6) is 5.75 Å². The first-order valence-corrected chi connectivity index (χ1v) is 8.21. The predicted octanol–water partition coefficient (Wildman–Crippen LogP) is 3.95. The topological polar surface area (TPSA) is 70.1 Å². The van der Waals surface area contributed by atoms with Gasteiger partial charge >= 0.3 is 12.0 Å². The maximum atomic E-state index is 13.4. The van der Waals surface area contributed by atoms with Gasteiger partial charge in [0.15, 0.2) is 0 Å². The van der Waals surface area contributed by atoms with E-state index in [0.717, 1.165) is 6.92 Å². The number of hydrogen-bond acceptors (Lipinski definition) is 3. The molecule has 0 radical (unpaired) electrons. The van der Waals surface area contributed by atoms with E-state index in [4.69, 9.17) is 4.74 Å². The molecule has 3 rings (SSSR count). The summed E-state index contributed by atoms with van der Waals surface area (Å²) >= 11 is 0. The van der Waals surface area contributed by atoms with E-state index >= 15 is 0 Å². The van der Waals surface area contributed by atoms with Crippen molar-refractivity contribution < 1.29 is 28.2 Å². The Labute approximate surface area is 154 Å². The van der Waals surface area contributed by atoms with Gasteiger partial charge in [-0.3, -0.25) is 9.80 Å². The second-order valence-corrected chi connectivity index (χ2v) is 6.21. The number of benzene rings is 2. The van der Waals surface area contributed by atoms with Crippen molar-refractivity contribution in [2.75, 3.05) is 30.0 Å². The zero-order valence-electron chi connectivity index (χ0n) is 14.8. The summed E-state index contributed by atoms with van der Waals surface area (Å²) in [6, 6.07) is 9.40. The molecule has 8 heteroatoms. The van der Waals surface area contributed by atoms with E-state index in [1.807, 2.05) is 0 Å². The number of hydrogen-bond donors (Lipinski definition) is 1. The number of aromatic carboxylic acids is 1. The molecule has 1 aliphatic heterocycles. The van der Waals surface area contributed by atoms with Gasteiger partial charge in [-0.1, -0.05) is 12.1 Å². The molecule has 1 fully saturated rings. The van der Waals surface area contributed by atoms with Gasteiger partial charge in [-0.05, 0) is 30.3 Å². The van der Waals surface area contributed by atoms with Crippen molar-refractivity contribution in [3.8, 4) is 5.75 Å². The van der Waals surface area contributed by atoms with Crippen LogP contribution in [0.1, 0.15) is 22.8 Å². The van der Waals surface area contributed by atoms with Crippen LogP contribution >= 0.6 is 0 Å². The van der Waals surface area contributed by atoms with Gasteiger partial charge in [0.1, 0.15) is 5.75 Å². The van der Waals surface area contributed by atoms with Crippen LogP contribution < -0.4 is 14.5 Å². The Kier molecular flexibility index (Phi) is 4.73. The summed E-state index contributed by atoms with van der Waals surface area (Å²) in [4.78, 5) is 26.9. The molecule has 2 amide bonds. The fourth-order valence-corrected chi connectivity index (χ4v) is 2.97. The monoisotopic (exact) mass is 376 g/mol. The molecule has 1 N–H and O–H groups in total. The van der Waals surface area contributed by atoms with Crippen molar-refractivity contribution in [1.82, 2.24) is 0 Å². The zero-order valence-corrected chi connectivity index (χ0v) is 14.8. The van der Waals surface area contributed by atoms with Gasteiger partial charge < -0.3 is 9.84 Å². The van der Waals surface area contributed by atoms with Crippen LogP contribution in [0.2, 0.25) is 0 Å². The molecule has 2 aromatic rings. The van der Waals surface area contributed by atoms with E-state index in [9.17, 15) is 23.5 Å². The lowest BCUT2D eigenvalue weighted by molar-refractivity contribution is 0.0175. The minimum absolute atomic E-state index is 0.0339. The van der Waals surface area contributed by atoms with Crippen molar-refractivity contribution in [2.45, 2.75) is 12.8 Å². The number of methoxy groups -OCH3 is 1. The first-order valence-electron chi connectivity index (χ1n) is 8.21. The van der Waals surface area contributed by atoms with E-state index in [2.05, 4.69) is 0 Å². The molecule has 0 unspecified atom stereocenters. The van der Waals surface area contributed by atoms with Gasteiger partial charge in [0.2, 0.25) is 0 Å². The van der Waals surface area contributed by atoms with Crippen molar-refractivity contribution in [1.29, 1.82) is 0 Å². The summed E-state index contributed by atoms with van der Waals surface area (Å²) in [5, 5.41) is 9.19. The highest BCUT2D eigenvalue weighted by atomic mass is 19.3. The Balaban J connectivity index is 1.89. The lowest BCUT2D eigenvalue weighted by Gasteiger charge is -2.21. The van der Waals surface area contributed by atoms with E-state index in [0.29, 0.717) is 30.2 Å². The molecule has 0 aromatic heterocycles. The van der Waals surface area contributed by atoms with E-state index in [1.165, 1.54) is 59.4 Å². The Bertz CT molecular complexity index is 878. The predicted molar refractivity (Wildman–Crippen MR) is 96.1 cm³/mol. The summed E-state index contributed by atoms with van der Waals surface area (Å²) in [6.45, 7) is 1.46. The Morgan fingerprint density at radius 1 is 1.11 bits per heavy atom. The molecule has 0 aliphatic carbocycles. The number of nitrogens with zero attached hydrogens (tertiary/aromatic N) is 2. The first kappa shape index (κ1) is 18.6. The average Bonchev–Trinajstić information content (AvgIpc) is 3.01. The second kappa shape index (κ2) is 6.86. The Morgan fingerprint density at radius 2 is 1.74 bits per heavy atom. The minimum Gasteiger partial charge on any atom is -0.495 e. The average molecular weight is 376 g/mol. The van der Waals surface area contributed by atoms with Crippen LogP contribution in [0.4, 0.5) is 25.0 Å². The molecule has 27 heavy (non-hydrogen) atoms. The maximum absolute atomic E-state index is 13.4. The van der Waals surface area contributed by atoms with E-state index in [1.54, 1.807) is 0 Å². The molecule has 1 heterocycles. The third-order valence-corrected chi connectivity index (χ3v) is 4.41. The fourth-order valence-electron chi connectivity index (χ4n) is 2.97. The number of amides is 2. The van der Waals surface area contributed by atoms with Crippen molar-refractivity contribution in [3.63, 3.8) is 0 Å². The smallest absolute Gasteiger partial charge is 0.335 e. The van der Waals surface area contributed by atoms with Crippen molar-refractivity contribution in [3.05, 3.63) is 53.6 Å². The number of urea groups is 1. The largest absolute Gasteiger partial charge is 0.495 e. The van der Waals surface area contributed by atoms with E-state index in [-0.39, 0.29) is 17.2 Å². The number of carboxylic acid groups (broad SMARTS) is 1. The molecule has 1 aliphatic rings.